The summed E-state index contributed by atoms with van der Waals surface area (Å²) in [5, 5.41) is 0. The van der Waals surface area contributed by atoms with E-state index in [1.165, 1.54) is 0 Å². The first-order chi connectivity index (χ1) is 9.95. The number of carbonyl (C=O) groups excluding carboxylic acids is 2. The largest absolute Gasteiger partial charge is 0.466 e. The van der Waals surface area contributed by atoms with Crippen LogP contribution >= 0.6 is 15.9 Å². The standard InChI is InChI=1S/C15H15BrN2O3/c1-9-7-13(10(2)21-9)15(20)18-17-14(19)8-11-3-5-12(16)6-4-11/h3-7H,8H2,1-2H3,(H,17,19)(H,18,20). The third kappa shape index (κ3) is 4.19. The number of hydrogen-bond acceptors (Lipinski definition) is 3. The Morgan fingerprint density at radius 2 is 1.81 bits per heavy atom. The van der Waals surface area contributed by atoms with Gasteiger partial charge in [-0.05, 0) is 37.6 Å². The first-order valence-corrected chi connectivity index (χ1v) is 7.15. The molecule has 0 saturated carbocycles. The zero-order valence-electron chi connectivity index (χ0n) is 11.7. The van der Waals surface area contributed by atoms with Gasteiger partial charge in [-0.2, -0.15) is 0 Å². The summed E-state index contributed by atoms with van der Waals surface area (Å²) < 4.78 is 6.22. The van der Waals surface area contributed by atoms with E-state index in [0.717, 1.165) is 10.0 Å². The maximum Gasteiger partial charge on any atom is 0.273 e. The molecule has 0 saturated heterocycles. The summed E-state index contributed by atoms with van der Waals surface area (Å²) in [5.41, 5.74) is 6.04. The smallest absolute Gasteiger partial charge is 0.273 e. The first-order valence-electron chi connectivity index (χ1n) is 6.36. The van der Waals surface area contributed by atoms with Crippen molar-refractivity contribution in [1.82, 2.24) is 10.9 Å². The molecule has 2 amide bonds. The fraction of sp³-hybridized carbons (Fsp3) is 0.200. The molecular weight excluding hydrogens is 336 g/mol. The molecule has 5 nitrogen and oxygen atoms in total. The molecule has 0 fully saturated rings. The van der Waals surface area contributed by atoms with Gasteiger partial charge in [0.25, 0.3) is 5.91 Å². The molecule has 1 heterocycles. The van der Waals surface area contributed by atoms with Gasteiger partial charge in [0.1, 0.15) is 11.5 Å². The Hall–Kier alpha value is -2.08. The molecule has 21 heavy (non-hydrogen) atoms. The summed E-state index contributed by atoms with van der Waals surface area (Å²) in [4.78, 5) is 23.7. The Kier molecular flexibility index (Phi) is 4.80. The van der Waals surface area contributed by atoms with Gasteiger partial charge in [0.05, 0.1) is 12.0 Å². The zero-order chi connectivity index (χ0) is 15.4. The molecule has 1 aromatic heterocycles. The maximum absolute atomic E-state index is 11.9. The van der Waals surface area contributed by atoms with Crippen molar-refractivity contribution in [3.05, 3.63) is 57.5 Å². The highest BCUT2D eigenvalue weighted by Crippen LogP contribution is 2.13. The highest BCUT2D eigenvalue weighted by Gasteiger charge is 2.14. The first kappa shape index (κ1) is 15.3. The van der Waals surface area contributed by atoms with Crippen LogP contribution in [0.5, 0.6) is 0 Å². The van der Waals surface area contributed by atoms with Crippen molar-refractivity contribution in [1.29, 1.82) is 0 Å². The van der Waals surface area contributed by atoms with Crippen molar-refractivity contribution in [2.24, 2.45) is 0 Å². The van der Waals surface area contributed by atoms with E-state index >= 15 is 0 Å². The van der Waals surface area contributed by atoms with E-state index in [-0.39, 0.29) is 12.3 Å². The zero-order valence-corrected chi connectivity index (χ0v) is 13.3. The van der Waals surface area contributed by atoms with E-state index in [9.17, 15) is 9.59 Å². The minimum absolute atomic E-state index is 0.191. The van der Waals surface area contributed by atoms with E-state index in [1.54, 1.807) is 19.9 Å². The van der Waals surface area contributed by atoms with Crippen molar-refractivity contribution in [2.45, 2.75) is 20.3 Å². The fourth-order valence-electron chi connectivity index (χ4n) is 1.88. The summed E-state index contributed by atoms with van der Waals surface area (Å²) in [7, 11) is 0. The topological polar surface area (TPSA) is 71.3 Å². The second kappa shape index (κ2) is 6.58. The summed E-state index contributed by atoms with van der Waals surface area (Å²) >= 11 is 3.33. The van der Waals surface area contributed by atoms with Gasteiger partial charge >= 0.3 is 0 Å². The second-order valence-electron chi connectivity index (χ2n) is 4.63. The minimum atomic E-state index is -0.395. The average Bonchev–Trinajstić information content (AvgIpc) is 2.78. The number of hydrazine groups is 1. The maximum atomic E-state index is 11.9. The molecule has 0 bridgehead atoms. The molecule has 110 valence electrons. The summed E-state index contributed by atoms with van der Waals surface area (Å²) in [6.07, 6.45) is 0.191. The van der Waals surface area contributed by atoms with E-state index < -0.39 is 5.91 Å². The molecule has 0 aliphatic rings. The molecule has 0 radical (unpaired) electrons. The van der Waals surface area contributed by atoms with Crippen molar-refractivity contribution < 1.29 is 14.0 Å². The third-order valence-corrected chi connectivity index (χ3v) is 3.41. The number of halogens is 1. The Balaban J connectivity index is 1.88. The molecule has 2 aromatic rings. The van der Waals surface area contributed by atoms with Gasteiger partial charge in [0, 0.05) is 4.47 Å². The monoisotopic (exact) mass is 350 g/mol. The number of rotatable bonds is 3. The van der Waals surface area contributed by atoms with Crippen LogP contribution in [0, 0.1) is 13.8 Å². The van der Waals surface area contributed by atoms with E-state index in [0.29, 0.717) is 17.1 Å². The Morgan fingerprint density at radius 3 is 2.38 bits per heavy atom. The Morgan fingerprint density at radius 1 is 1.14 bits per heavy atom. The SMILES string of the molecule is Cc1cc(C(=O)NNC(=O)Cc2ccc(Br)cc2)c(C)o1. The third-order valence-electron chi connectivity index (χ3n) is 2.88. The second-order valence-corrected chi connectivity index (χ2v) is 5.55. The van der Waals surface area contributed by atoms with Crippen LogP contribution in [0.15, 0.2) is 39.2 Å². The number of amides is 2. The Bertz CT molecular complexity index is 662. The van der Waals surface area contributed by atoms with Gasteiger partial charge < -0.3 is 4.42 Å². The lowest BCUT2D eigenvalue weighted by Crippen LogP contribution is -2.42. The van der Waals surface area contributed by atoms with Crippen molar-refractivity contribution >= 4 is 27.7 Å². The molecule has 1 aromatic carbocycles. The van der Waals surface area contributed by atoms with Gasteiger partial charge in [-0.15, -0.1) is 0 Å². The summed E-state index contributed by atoms with van der Waals surface area (Å²) in [6, 6.07) is 9.04. The Labute approximate surface area is 130 Å². The number of benzene rings is 1. The van der Waals surface area contributed by atoms with E-state index in [1.807, 2.05) is 24.3 Å². The summed E-state index contributed by atoms with van der Waals surface area (Å²) in [6.45, 7) is 3.46. The van der Waals surface area contributed by atoms with Crippen LogP contribution in [0.3, 0.4) is 0 Å². The van der Waals surface area contributed by atoms with Gasteiger partial charge in [0.15, 0.2) is 0 Å². The fourth-order valence-corrected chi connectivity index (χ4v) is 2.15. The molecule has 6 heteroatoms. The molecular formula is C15H15BrN2O3. The number of furan rings is 1. The molecule has 0 spiro atoms. The quantitative estimate of drug-likeness (QED) is 0.836. The van der Waals surface area contributed by atoms with Crippen LogP contribution in [0.1, 0.15) is 27.4 Å². The van der Waals surface area contributed by atoms with Crippen molar-refractivity contribution in [3.63, 3.8) is 0 Å². The lowest BCUT2D eigenvalue weighted by Gasteiger charge is -2.07. The van der Waals surface area contributed by atoms with Crippen molar-refractivity contribution in [2.75, 3.05) is 0 Å². The lowest BCUT2D eigenvalue weighted by atomic mass is 10.1. The molecule has 2 N–H and O–H groups in total. The molecule has 2 rings (SSSR count). The predicted octanol–water partition coefficient (Wildman–Crippen LogP) is 2.66. The van der Waals surface area contributed by atoms with Crippen LogP contribution in [0.2, 0.25) is 0 Å². The normalized spacial score (nSPS) is 10.2. The molecule has 0 unspecified atom stereocenters. The molecule has 0 atom stereocenters. The predicted molar refractivity (Wildman–Crippen MR) is 81.6 cm³/mol. The van der Waals surface area contributed by atoms with Gasteiger partial charge in [-0.1, -0.05) is 28.1 Å². The lowest BCUT2D eigenvalue weighted by molar-refractivity contribution is -0.121. The van der Waals surface area contributed by atoms with Crippen LogP contribution in [0.4, 0.5) is 0 Å². The van der Waals surface area contributed by atoms with Crippen LogP contribution < -0.4 is 10.9 Å². The van der Waals surface area contributed by atoms with Crippen molar-refractivity contribution in [3.8, 4) is 0 Å². The van der Waals surface area contributed by atoms with Gasteiger partial charge in [0.2, 0.25) is 5.91 Å². The van der Waals surface area contributed by atoms with E-state index in [4.69, 9.17) is 4.42 Å². The number of hydrogen-bond donors (Lipinski definition) is 2. The number of nitrogens with one attached hydrogen (secondary N) is 2. The van der Waals surface area contributed by atoms with Crippen LogP contribution in [0.25, 0.3) is 0 Å². The molecule has 0 aliphatic carbocycles. The number of aryl methyl sites for hydroxylation is 2. The number of carbonyl (C=O) groups is 2. The van der Waals surface area contributed by atoms with Gasteiger partial charge in [-0.3, -0.25) is 20.4 Å². The van der Waals surface area contributed by atoms with Crippen LogP contribution in [-0.4, -0.2) is 11.8 Å². The van der Waals surface area contributed by atoms with Crippen LogP contribution in [-0.2, 0) is 11.2 Å². The average molecular weight is 351 g/mol. The summed E-state index contributed by atoms with van der Waals surface area (Å²) in [5.74, 6) is 0.489. The van der Waals surface area contributed by atoms with Gasteiger partial charge in [-0.25, -0.2) is 0 Å². The van der Waals surface area contributed by atoms with E-state index in [2.05, 4.69) is 26.8 Å². The highest BCUT2D eigenvalue weighted by atomic mass is 79.9. The minimum Gasteiger partial charge on any atom is -0.466 e. The molecule has 0 aliphatic heterocycles. The highest BCUT2D eigenvalue weighted by molar-refractivity contribution is 9.10.